The van der Waals surface area contributed by atoms with E-state index in [1.807, 2.05) is 0 Å². The second kappa shape index (κ2) is 9.98. The van der Waals surface area contributed by atoms with Crippen LogP contribution in [-0.2, 0) is 18.6 Å². The van der Waals surface area contributed by atoms with Crippen molar-refractivity contribution >= 4 is 11.6 Å². The molecule has 0 spiro atoms. The summed E-state index contributed by atoms with van der Waals surface area (Å²) in [5, 5.41) is 0. The van der Waals surface area contributed by atoms with Gasteiger partial charge in [0.15, 0.2) is 0 Å². The maximum atomic E-state index is 5.38. The molecule has 0 amide bonds. The fourth-order valence-corrected chi connectivity index (χ4v) is 0.533. The summed E-state index contributed by atoms with van der Waals surface area (Å²) < 4.78 is 0. The largest absolute Gasteiger partial charge is 0.127 e. The Morgan fingerprint density at radius 1 is 1.29 bits per heavy atom. The number of unbranched alkanes of at least 4 members (excludes halogenated alkanes) is 2. The normalized spacial score (nSPS) is 7.71. The average molecular weight is 158 g/mol. The van der Waals surface area contributed by atoms with Gasteiger partial charge in [-0.3, -0.25) is 0 Å². The quantitative estimate of drug-likeness (QED) is 0.436. The van der Waals surface area contributed by atoms with Crippen LogP contribution in [0.4, 0.5) is 0 Å². The third-order valence-electron chi connectivity index (χ3n) is 0.737. The van der Waals surface area contributed by atoms with Gasteiger partial charge in [-0.15, -0.1) is 11.6 Å². The summed E-state index contributed by atoms with van der Waals surface area (Å²) in [6.07, 6.45) is 3.73. The zero-order chi connectivity index (χ0) is 4.83. The standard InChI is InChI=1S/C5H11Cl.V/c1-2-3-4-5-6;/h2-5H2,1H3;. The van der Waals surface area contributed by atoms with Gasteiger partial charge in [-0.25, -0.2) is 0 Å². The molecule has 0 aromatic rings. The topological polar surface area (TPSA) is 0 Å². The zero-order valence-electron chi connectivity index (χ0n) is 4.65. The van der Waals surface area contributed by atoms with Crippen molar-refractivity contribution in [1.82, 2.24) is 0 Å². The molecule has 43 valence electrons. The molecule has 0 aromatic carbocycles. The Balaban J connectivity index is 0. The molecule has 0 saturated carbocycles. The minimum atomic E-state index is 0. The van der Waals surface area contributed by atoms with Crippen molar-refractivity contribution in [3.63, 3.8) is 0 Å². The molecule has 1 radical (unpaired) electrons. The molecule has 0 aliphatic heterocycles. The molecule has 0 aliphatic rings. The van der Waals surface area contributed by atoms with Crippen LogP contribution in [0.1, 0.15) is 26.2 Å². The Morgan fingerprint density at radius 2 is 1.86 bits per heavy atom. The number of alkyl halides is 1. The van der Waals surface area contributed by atoms with Crippen LogP contribution in [0.25, 0.3) is 0 Å². The van der Waals surface area contributed by atoms with Gasteiger partial charge in [-0.05, 0) is 6.42 Å². The van der Waals surface area contributed by atoms with E-state index < -0.39 is 0 Å². The van der Waals surface area contributed by atoms with Gasteiger partial charge in [0.25, 0.3) is 0 Å². The van der Waals surface area contributed by atoms with E-state index in [4.69, 9.17) is 11.6 Å². The SMILES string of the molecule is CCCCCCl.[V]. The molecule has 0 unspecified atom stereocenters. The first-order chi connectivity index (χ1) is 2.91. The van der Waals surface area contributed by atoms with Crippen LogP contribution in [0, 0.1) is 0 Å². The van der Waals surface area contributed by atoms with Crippen LogP contribution >= 0.6 is 11.6 Å². The predicted octanol–water partition coefficient (Wildman–Crippen LogP) is 2.41. The maximum Gasteiger partial charge on any atom is 0.0223 e. The van der Waals surface area contributed by atoms with E-state index in [1.165, 1.54) is 19.3 Å². The molecule has 0 aliphatic carbocycles. The Labute approximate surface area is 62.5 Å². The molecule has 0 N–H and O–H groups in total. The van der Waals surface area contributed by atoms with Crippen molar-refractivity contribution < 1.29 is 18.6 Å². The molecule has 7 heavy (non-hydrogen) atoms. The summed E-state index contributed by atoms with van der Waals surface area (Å²) in [4.78, 5) is 0. The van der Waals surface area contributed by atoms with Crippen LogP contribution in [0.15, 0.2) is 0 Å². The second-order valence-electron chi connectivity index (χ2n) is 1.40. The Kier molecular flexibility index (Phi) is 15.4. The summed E-state index contributed by atoms with van der Waals surface area (Å²) in [7, 11) is 0. The monoisotopic (exact) mass is 157 g/mol. The minimum Gasteiger partial charge on any atom is -0.127 e. The molecule has 0 rings (SSSR count). The molecule has 0 nitrogen and oxygen atoms in total. The maximum absolute atomic E-state index is 5.38. The summed E-state index contributed by atoms with van der Waals surface area (Å²) in [6, 6.07) is 0. The molecule has 0 heterocycles. The van der Waals surface area contributed by atoms with Gasteiger partial charge in [0, 0.05) is 24.4 Å². The van der Waals surface area contributed by atoms with Gasteiger partial charge in [-0.1, -0.05) is 19.8 Å². The van der Waals surface area contributed by atoms with Crippen LogP contribution < -0.4 is 0 Å². The Bertz CT molecular complexity index is 20.0. The van der Waals surface area contributed by atoms with Crippen molar-refractivity contribution in [1.29, 1.82) is 0 Å². The van der Waals surface area contributed by atoms with Gasteiger partial charge in [0.2, 0.25) is 0 Å². The third kappa shape index (κ3) is 10.9. The number of hydrogen-bond donors (Lipinski definition) is 0. The fourth-order valence-electron chi connectivity index (χ4n) is 0.344. The van der Waals surface area contributed by atoms with E-state index in [-0.39, 0.29) is 18.6 Å². The van der Waals surface area contributed by atoms with Crippen molar-refractivity contribution in [3.05, 3.63) is 0 Å². The number of hydrogen-bond acceptors (Lipinski definition) is 0. The predicted molar refractivity (Wildman–Crippen MR) is 30.2 cm³/mol. The summed E-state index contributed by atoms with van der Waals surface area (Å²) in [6.45, 7) is 2.17. The molecular formula is C5H11ClV. The zero-order valence-corrected chi connectivity index (χ0v) is 6.81. The smallest absolute Gasteiger partial charge is 0.0223 e. The second-order valence-corrected chi connectivity index (χ2v) is 1.77. The van der Waals surface area contributed by atoms with E-state index in [1.54, 1.807) is 0 Å². The first kappa shape index (κ1) is 10.8. The van der Waals surface area contributed by atoms with Gasteiger partial charge in [0.1, 0.15) is 0 Å². The summed E-state index contributed by atoms with van der Waals surface area (Å²) >= 11 is 5.38. The van der Waals surface area contributed by atoms with Crippen molar-refractivity contribution in [2.45, 2.75) is 26.2 Å². The van der Waals surface area contributed by atoms with Crippen molar-refractivity contribution in [3.8, 4) is 0 Å². The molecule has 2 heteroatoms. The Hall–Kier alpha value is 0.874. The summed E-state index contributed by atoms with van der Waals surface area (Å²) in [5.41, 5.74) is 0. The molecule has 0 bridgehead atoms. The molecule has 0 atom stereocenters. The van der Waals surface area contributed by atoms with Crippen LogP contribution in [0.2, 0.25) is 0 Å². The van der Waals surface area contributed by atoms with Crippen LogP contribution in [-0.4, -0.2) is 5.88 Å². The minimum absolute atomic E-state index is 0. The molecular weight excluding hydrogens is 146 g/mol. The van der Waals surface area contributed by atoms with E-state index in [2.05, 4.69) is 6.92 Å². The van der Waals surface area contributed by atoms with Gasteiger partial charge in [0.05, 0.1) is 0 Å². The first-order valence-electron chi connectivity index (χ1n) is 2.47. The van der Waals surface area contributed by atoms with E-state index in [0.717, 1.165) is 5.88 Å². The first-order valence-corrected chi connectivity index (χ1v) is 3.01. The molecule has 0 saturated heterocycles. The number of rotatable bonds is 3. The van der Waals surface area contributed by atoms with Gasteiger partial charge in [-0.2, -0.15) is 0 Å². The fraction of sp³-hybridized carbons (Fsp3) is 1.00. The average Bonchev–Trinajstić information content (AvgIpc) is 1.61. The van der Waals surface area contributed by atoms with E-state index >= 15 is 0 Å². The Morgan fingerprint density at radius 3 is 2.00 bits per heavy atom. The third-order valence-corrected chi connectivity index (χ3v) is 1.00. The molecule has 0 aromatic heterocycles. The van der Waals surface area contributed by atoms with Gasteiger partial charge < -0.3 is 0 Å². The van der Waals surface area contributed by atoms with E-state index in [9.17, 15) is 0 Å². The van der Waals surface area contributed by atoms with Crippen LogP contribution in [0.3, 0.4) is 0 Å². The van der Waals surface area contributed by atoms with Crippen molar-refractivity contribution in [2.75, 3.05) is 5.88 Å². The summed E-state index contributed by atoms with van der Waals surface area (Å²) in [5.74, 6) is 0.827. The molecule has 0 fully saturated rings. The van der Waals surface area contributed by atoms with Gasteiger partial charge >= 0.3 is 0 Å². The van der Waals surface area contributed by atoms with Crippen molar-refractivity contribution in [2.24, 2.45) is 0 Å². The van der Waals surface area contributed by atoms with Crippen LogP contribution in [0.5, 0.6) is 0 Å². The number of halogens is 1. The van der Waals surface area contributed by atoms with E-state index in [0.29, 0.717) is 0 Å².